The molecule has 0 atom stereocenters. The Kier molecular flexibility index (Phi) is 6.42. The molecule has 0 bridgehead atoms. The summed E-state index contributed by atoms with van der Waals surface area (Å²) in [5, 5.41) is 1.75. The molecule has 0 aliphatic carbocycles. The summed E-state index contributed by atoms with van der Waals surface area (Å²) >= 11 is 6.09. The van der Waals surface area contributed by atoms with Crippen molar-refractivity contribution >= 4 is 51.0 Å². The van der Waals surface area contributed by atoms with Gasteiger partial charge in [0.25, 0.3) is 5.91 Å². The van der Waals surface area contributed by atoms with Crippen molar-refractivity contribution in [2.24, 2.45) is 0 Å². The van der Waals surface area contributed by atoms with Gasteiger partial charge in [-0.2, -0.15) is 0 Å². The third kappa shape index (κ3) is 4.72. The van der Waals surface area contributed by atoms with E-state index in [1.165, 1.54) is 0 Å². The standard InChI is InChI=1S/C27H24ClN3O4/c28-19-6-5-7-20(16-19)29-12-14-30(15-13-29)25(32)18-35-26(33)17-31-23-10-3-1-8-21(23)27(34)22-9-2-4-11-24(22)31/h1-11,16H,12-15,17-18H2. The summed E-state index contributed by atoms with van der Waals surface area (Å²) in [4.78, 5) is 42.1. The second-order valence-electron chi connectivity index (χ2n) is 8.46. The number of ether oxygens (including phenoxy) is 1. The van der Waals surface area contributed by atoms with Crippen LogP contribution in [0.3, 0.4) is 0 Å². The number of benzene rings is 3. The lowest BCUT2D eigenvalue weighted by Gasteiger charge is -2.36. The van der Waals surface area contributed by atoms with Crippen LogP contribution in [0.15, 0.2) is 77.6 Å². The number of rotatable bonds is 5. The topological polar surface area (TPSA) is 71.8 Å². The highest BCUT2D eigenvalue weighted by Gasteiger charge is 2.23. The number of esters is 1. The van der Waals surface area contributed by atoms with E-state index in [4.69, 9.17) is 16.3 Å². The summed E-state index contributed by atoms with van der Waals surface area (Å²) < 4.78 is 7.12. The molecule has 7 nitrogen and oxygen atoms in total. The number of pyridine rings is 1. The minimum absolute atomic E-state index is 0.0760. The monoisotopic (exact) mass is 489 g/mol. The van der Waals surface area contributed by atoms with Crippen molar-refractivity contribution in [3.63, 3.8) is 0 Å². The number of piperazine rings is 1. The van der Waals surface area contributed by atoms with E-state index in [9.17, 15) is 14.4 Å². The molecule has 35 heavy (non-hydrogen) atoms. The number of hydrogen-bond donors (Lipinski definition) is 0. The van der Waals surface area contributed by atoms with E-state index in [-0.39, 0.29) is 24.5 Å². The summed E-state index contributed by atoms with van der Waals surface area (Å²) in [6.45, 7) is 2.02. The van der Waals surface area contributed by atoms with Crippen LogP contribution in [-0.2, 0) is 20.9 Å². The number of amides is 1. The predicted molar refractivity (Wildman–Crippen MR) is 137 cm³/mol. The molecule has 0 radical (unpaired) electrons. The van der Waals surface area contributed by atoms with Crippen LogP contribution in [0, 0.1) is 0 Å². The number of anilines is 1. The predicted octanol–water partition coefficient (Wildman–Crippen LogP) is 3.70. The molecule has 5 rings (SSSR count). The van der Waals surface area contributed by atoms with Gasteiger partial charge in [-0.05, 0) is 42.5 Å². The molecule has 0 saturated carbocycles. The Labute approximate surface area is 207 Å². The number of aromatic nitrogens is 1. The number of carbonyl (C=O) groups is 2. The van der Waals surface area contributed by atoms with Gasteiger partial charge in [0.05, 0.1) is 11.0 Å². The largest absolute Gasteiger partial charge is 0.454 e. The second kappa shape index (κ2) is 9.80. The molecular weight excluding hydrogens is 466 g/mol. The Morgan fingerprint density at radius 1 is 0.829 bits per heavy atom. The first-order valence-corrected chi connectivity index (χ1v) is 11.8. The zero-order valence-corrected chi connectivity index (χ0v) is 19.8. The van der Waals surface area contributed by atoms with Crippen LogP contribution in [0.1, 0.15) is 0 Å². The van der Waals surface area contributed by atoms with Crippen molar-refractivity contribution in [1.82, 2.24) is 9.47 Å². The van der Waals surface area contributed by atoms with Crippen molar-refractivity contribution in [1.29, 1.82) is 0 Å². The summed E-state index contributed by atoms with van der Waals surface area (Å²) in [6.07, 6.45) is 0. The fourth-order valence-electron chi connectivity index (χ4n) is 4.54. The van der Waals surface area contributed by atoms with E-state index in [0.29, 0.717) is 53.0 Å². The molecule has 1 aliphatic heterocycles. The molecule has 0 spiro atoms. The van der Waals surface area contributed by atoms with Crippen molar-refractivity contribution < 1.29 is 14.3 Å². The van der Waals surface area contributed by atoms with Crippen LogP contribution >= 0.6 is 11.6 Å². The van der Waals surface area contributed by atoms with Crippen molar-refractivity contribution in [3.8, 4) is 0 Å². The molecule has 1 amide bonds. The van der Waals surface area contributed by atoms with Crippen molar-refractivity contribution in [3.05, 3.63) is 88.0 Å². The van der Waals surface area contributed by atoms with E-state index in [1.54, 1.807) is 45.9 Å². The molecular formula is C27H24ClN3O4. The van der Waals surface area contributed by atoms with E-state index >= 15 is 0 Å². The van der Waals surface area contributed by atoms with Gasteiger partial charge in [0.15, 0.2) is 12.0 Å². The Morgan fingerprint density at radius 2 is 1.46 bits per heavy atom. The fraction of sp³-hybridized carbons (Fsp3) is 0.222. The first kappa shape index (κ1) is 22.9. The van der Waals surface area contributed by atoms with Gasteiger partial charge in [-0.15, -0.1) is 0 Å². The van der Waals surface area contributed by atoms with Crippen LogP contribution in [0.5, 0.6) is 0 Å². The lowest BCUT2D eigenvalue weighted by molar-refractivity contribution is -0.152. The Morgan fingerprint density at radius 3 is 2.09 bits per heavy atom. The highest BCUT2D eigenvalue weighted by atomic mass is 35.5. The molecule has 1 aromatic heterocycles. The van der Waals surface area contributed by atoms with Gasteiger partial charge in [-0.3, -0.25) is 14.4 Å². The molecule has 0 unspecified atom stereocenters. The number of nitrogens with zero attached hydrogens (tertiary/aromatic N) is 3. The first-order chi connectivity index (χ1) is 17.0. The van der Waals surface area contributed by atoms with Crippen molar-refractivity contribution in [2.45, 2.75) is 6.54 Å². The number of carbonyl (C=O) groups excluding carboxylic acids is 2. The van der Waals surface area contributed by atoms with Crippen LogP contribution < -0.4 is 10.3 Å². The lowest BCUT2D eigenvalue weighted by atomic mass is 10.1. The van der Waals surface area contributed by atoms with Gasteiger partial charge in [-0.1, -0.05) is 41.9 Å². The molecule has 1 aliphatic rings. The van der Waals surface area contributed by atoms with Gasteiger partial charge >= 0.3 is 5.97 Å². The number of para-hydroxylation sites is 2. The van der Waals surface area contributed by atoms with Crippen LogP contribution in [0.2, 0.25) is 5.02 Å². The number of fused-ring (bicyclic) bond motifs is 2. The summed E-state index contributed by atoms with van der Waals surface area (Å²) in [6, 6.07) is 22.0. The van der Waals surface area contributed by atoms with E-state index < -0.39 is 5.97 Å². The number of hydrogen-bond acceptors (Lipinski definition) is 5. The maximum absolute atomic E-state index is 12.9. The molecule has 4 aromatic rings. The molecule has 1 saturated heterocycles. The van der Waals surface area contributed by atoms with Crippen LogP contribution in [0.25, 0.3) is 21.8 Å². The minimum atomic E-state index is -0.533. The summed E-state index contributed by atoms with van der Waals surface area (Å²) in [5.74, 6) is -0.756. The third-order valence-corrected chi connectivity index (χ3v) is 6.56. The molecule has 3 aromatic carbocycles. The maximum atomic E-state index is 12.9. The second-order valence-corrected chi connectivity index (χ2v) is 8.89. The molecule has 178 valence electrons. The van der Waals surface area contributed by atoms with Gasteiger partial charge in [0, 0.05) is 47.7 Å². The summed E-state index contributed by atoms with van der Waals surface area (Å²) in [5.41, 5.74) is 2.25. The van der Waals surface area contributed by atoms with Gasteiger partial charge in [-0.25, -0.2) is 0 Å². The molecule has 2 heterocycles. The zero-order chi connectivity index (χ0) is 24.4. The van der Waals surface area contributed by atoms with Gasteiger partial charge < -0.3 is 19.1 Å². The average Bonchev–Trinajstić information content (AvgIpc) is 2.90. The summed E-state index contributed by atoms with van der Waals surface area (Å²) in [7, 11) is 0. The Hall–Kier alpha value is -3.84. The maximum Gasteiger partial charge on any atom is 0.326 e. The molecule has 1 fully saturated rings. The van der Waals surface area contributed by atoms with Crippen LogP contribution in [0.4, 0.5) is 5.69 Å². The lowest BCUT2D eigenvalue weighted by Crippen LogP contribution is -2.50. The van der Waals surface area contributed by atoms with Crippen LogP contribution in [-0.4, -0.2) is 54.1 Å². The highest BCUT2D eigenvalue weighted by Crippen LogP contribution is 2.21. The van der Waals surface area contributed by atoms with E-state index in [2.05, 4.69) is 4.90 Å². The van der Waals surface area contributed by atoms with E-state index in [1.807, 2.05) is 36.4 Å². The zero-order valence-electron chi connectivity index (χ0n) is 19.0. The van der Waals surface area contributed by atoms with Gasteiger partial charge in [0.1, 0.15) is 6.54 Å². The Balaban J connectivity index is 1.23. The number of halogens is 1. The van der Waals surface area contributed by atoms with Gasteiger partial charge in [0.2, 0.25) is 0 Å². The van der Waals surface area contributed by atoms with Crippen molar-refractivity contribution in [2.75, 3.05) is 37.7 Å². The SMILES string of the molecule is O=C(Cn1c2ccccc2c(=O)c2ccccc21)OCC(=O)N1CCN(c2cccc(Cl)c2)CC1. The minimum Gasteiger partial charge on any atom is -0.454 e. The average molecular weight is 490 g/mol. The van der Waals surface area contributed by atoms with E-state index in [0.717, 1.165) is 5.69 Å². The fourth-order valence-corrected chi connectivity index (χ4v) is 4.73. The quantitative estimate of drug-likeness (QED) is 0.316. The highest BCUT2D eigenvalue weighted by molar-refractivity contribution is 6.30. The smallest absolute Gasteiger partial charge is 0.326 e. The first-order valence-electron chi connectivity index (χ1n) is 11.5. The molecule has 8 heteroatoms. The third-order valence-electron chi connectivity index (χ3n) is 6.33. The molecule has 0 N–H and O–H groups in total. The Bertz CT molecular complexity index is 1410. The normalized spacial score (nSPS) is 13.9.